The van der Waals surface area contributed by atoms with Gasteiger partial charge in [0.15, 0.2) is 0 Å². The molecule has 1 N–H and O–H groups in total. The predicted octanol–water partition coefficient (Wildman–Crippen LogP) is 3.13. The van der Waals surface area contributed by atoms with Crippen LogP contribution in [0, 0.1) is 5.92 Å². The normalized spacial score (nSPS) is 16.9. The van der Waals surface area contributed by atoms with Crippen molar-refractivity contribution < 1.29 is 4.79 Å². The van der Waals surface area contributed by atoms with Crippen LogP contribution in [-0.2, 0) is 0 Å². The van der Waals surface area contributed by atoms with Gasteiger partial charge in [-0.1, -0.05) is 0 Å². The topological polar surface area (TPSA) is 42.0 Å². The summed E-state index contributed by atoms with van der Waals surface area (Å²) in [5.74, 6) is 0.539. The average molecular weight is 348 g/mol. The summed E-state index contributed by atoms with van der Waals surface area (Å²) in [5.41, 5.74) is 0.440. The summed E-state index contributed by atoms with van der Waals surface area (Å²) in [6.45, 7) is 2.04. The maximum absolute atomic E-state index is 11.9. The molecule has 2 rings (SSSR count). The van der Waals surface area contributed by atoms with Gasteiger partial charge in [-0.05, 0) is 63.6 Å². The Bertz CT molecular complexity index is 418. The molecular formula is C11H12Br2N2O. The molecule has 1 aromatic rings. The third kappa shape index (κ3) is 2.83. The standard InChI is InChI=1S/C11H12Br2N2O/c1-6(7-2-3-7)15-11(16)10-9(13)4-8(12)5-14-10/h4-7H,2-3H2,1H3,(H,15,16)/t6-/m0/s1. The molecule has 16 heavy (non-hydrogen) atoms. The highest BCUT2D eigenvalue weighted by molar-refractivity contribution is 9.11. The van der Waals surface area contributed by atoms with Gasteiger partial charge in [0.2, 0.25) is 0 Å². The highest BCUT2D eigenvalue weighted by Gasteiger charge is 2.29. The SMILES string of the molecule is C[C@H](NC(=O)c1ncc(Br)cc1Br)C1CC1. The fraction of sp³-hybridized carbons (Fsp3) is 0.455. The van der Waals surface area contributed by atoms with Crippen LogP contribution in [0.25, 0.3) is 0 Å². The van der Waals surface area contributed by atoms with Gasteiger partial charge in [0.05, 0.1) is 4.47 Å². The highest BCUT2D eigenvalue weighted by Crippen LogP contribution is 2.32. The molecule has 0 aromatic carbocycles. The fourth-order valence-corrected chi connectivity index (χ4v) is 2.74. The zero-order chi connectivity index (χ0) is 11.7. The molecule has 0 saturated heterocycles. The van der Waals surface area contributed by atoms with E-state index < -0.39 is 0 Å². The molecule has 1 heterocycles. The van der Waals surface area contributed by atoms with Crippen molar-refractivity contribution in [3.63, 3.8) is 0 Å². The van der Waals surface area contributed by atoms with E-state index in [0.717, 1.165) is 4.47 Å². The van der Waals surface area contributed by atoms with Crippen LogP contribution in [0.5, 0.6) is 0 Å². The number of pyridine rings is 1. The Labute approximate surface area is 111 Å². The zero-order valence-corrected chi connectivity index (χ0v) is 12.0. The van der Waals surface area contributed by atoms with Gasteiger partial charge in [-0.3, -0.25) is 4.79 Å². The van der Waals surface area contributed by atoms with E-state index in [2.05, 4.69) is 42.2 Å². The summed E-state index contributed by atoms with van der Waals surface area (Å²) in [6, 6.07) is 2.06. The van der Waals surface area contributed by atoms with E-state index in [0.29, 0.717) is 16.1 Å². The van der Waals surface area contributed by atoms with Crippen LogP contribution in [-0.4, -0.2) is 16.9 Å². The van der Waals surface area contributed by atoms with E-state index >= 15 is 0 Å². The average Bonchev–Trinajstić information content (AvgIpc) is 2.99. The number of hydrogen-bond donors (Lipinski definition) is 1. The lowest BCUT2D eigenvalue weighted by atomic mass is 10.2. The Kier molecular flexibility index (Phi) is 3.64. The van der Waals surface area contributed by atoms with Crippen LogP contribution < -0.4 is 5.32 Å². The van der Waals surface area contributed by atoms with Crippen molar-refractivity contribution in [2.75, 3.05) is 0 Å². The second-order valence-electron chi connectivity index (χ2n) is 4.08. The molecule has 1 aromatic heterocycles. The van der Waals surface area contributed by atoms with Gasteiger partial charge in [-0.15, -0.1) is 0 Å². The van der Waals surface area contributed by atoms with E-state index in [-0.39, 0.29) is 11.9 Å². The number of hydrogen-bond acceptors (Lipinski definition) is 2. The van der Waals surface area contributed by atoms with Crippen molar-refractivity contribution in [1.29, 1.82) is 0 Å². The van der Waals surface area contributed by atoms with Crippen LogP contribution >= 0.6 is 31.9 Å². The maximum atomic E-state index is 11.9. The number of rotatable bonds is 3. The lowest BCUT2D eigenvalue weighted by molar-refractivity contribution is 0.0930. The molecular weight excluding hydrogens is 336 g/mol. The van der Waals surface area contributed by atoms with Crippen LogP contribution in [0.1, 0.15) is 30.3 Å². The lowest BCUT2D eigenvalue weighted by Crippen LogP contribution is -2.34. The molecule has 3 nitrogen and oxygen atoms in total. The van der Waals surface area contributed by atoms with Gasteiger partial charge in [0.25, 0.3) is 5.91 Å². The molecule has 0 bridgehead atoms. The van der Waals surface area contributed by atoms with Crippen LogP contribution in [0.15, 0.2) is 21.2 Å². The summed E-state index contributed by atoms with van der Waals surface area (Å²) in [5, 5.41) is 2.97. The fourth-order valence-electron chi connectivity index (χ4n) is 1.57. The number of aromatic nitrogens is 1. The molecule has 5 heteroatoms. The Balaban J connectivity index is 2.07. The van der Waals surface area contributed by atoms with Crippen LogP contribution in [0.4, 0.5) is 0 Å². The monoisotopic (exact) mass is 346 g/mol. The Morgan fingerprint density at radius 1 is 1.56 bits per heavy atom. The Morgan fingerprint density at radius 2 is 2.25 bits per heavy atom. The molecule has 0 unspecified atom stereocenters. The number of nitrogens with one attached hydrogen (secondary N) is 1. The van der Waals surface area contributed by atoms with Crippen LogP contribution in [0.2, 0.25) is 0 Å². The smallest absolute Gasteiger partial charge is 0.271 e. The van der Waals surface area contributed by atoms with Crippen molar-refractivity contribution in [2.24, 2.45) is 5.92 Å². The van der Waals surface area contributed by atoms with Gasteiger partial charge in [0, 0.05) is 16.7 Å². The minimum Gasteiger partial charge on any atom is -0.348 e. The first kappa shape index (κ1) is 12.0. The molecule has 1 saturated carbocycles. The van der Waals surface area contributed by atoms with Gasteiger partial charge in [-0.25, -0.2) is 4.98 Å². The number of amides is 1. The highest BCUT2D eigenvalue weighted by atomic mass is 79.9. The predicted molar refractivity (Wildman–Crippen MR) is 69.3 cm³/mol. The first-order valence-electron chi connectivity index (χ1n) is 5.20. The zero-order valence-electron chi connectivity index (χ0n) is 8.84. The summed E-state index contributed by atoms with van der Waals surface area (Å²) in [6.07, 6.45) is 4.06. The molecule has 1 aliphatic rings. The number of nitrogens with zero attached hydrogens (tertiary/aromatic N) is 1. The molecule has 1 amide bonds. The second kappa shape index (κ2) is 4.84. The Hall–Kier alpha value is -0.420. The lowest BCUT2D eigenvalue weighted by Gasteiger charge is -2.12. The summed E-state index contributed by atoms with van der Waals surface area (Å²) < 4.78 is 1.56. The quantitative estimate of drug-likeness (QED) is 0.912. The summed E-state index contributed by atoms with van der Waals surface area (Å²) >= 11 is 6.64. The van der Waals surface area contributed by atoms with Crippen LogP contribution in [0.3, 0.4) is 0 Å². The minimum absolute atomic E-state index is 0.112. The summed E-state index contributed by atoms with van der Waals surface area (Å²) in [4.78, 5) is 16.0. The molecule has 0 radical (unpaired) electrons. The largest absolute Gasteiger partial charge is 0.348 e. The third-order valence-electron chi connectivity index (χ3n) is 2.71. The van der Waals surface area contributed by atoms with E-state index in [1.54, 1.807) is 6.20 Å². The van der Waals surface area contributed by atoms with Crippen molar-refractivity contribution >= 4 is 37.8 Å². The first-order valence-corrected chi connectivity index (χ1v) is 6.78. The van der Waals surface area contributed by atoms with E-state index in [9.17, 15) is 4.79 Å². The van der Waals surface area contributed by atoms with Crippen molar-refractivity contribution in [3.8, 4) is 0 Å². The van der Waals surface area contributed by atoms with Crippen molar-refractivity contribution in [2.45, 2.75) is 25.8 Å². The van der Waals surface area contributed by atoms with E-state index in [1.165, 1.54) is 12.8 Å². The van der Waals surface area contributed by atoms with Gasteiger partial charge >= 0.3 is 0 Å². The number of halogens is 2. The van der Waals surface area contributed by atoms with Crippen molar-refractivity contribution in [1.82, 2.24) is 10.3 Å². The molecule has 1 aliphatic carbocycles. The molecule has 1 atom stereocenters. The third-order valence-corrected chi connectivity index (χ3v) is 3.75. The molecule has 0 spiro atoms. The second-order valence-corrected chi connectivity index (χ2v) is 5.85. The molecule has 1 fully saturated rings. The molecule has 86 valence electrons. The molecule has 0 aliphatic heterocycles. The van der Waals surface area contributed by atoms with E-state index in [1.807, 2.05) is 13.0 Å². The van der Waals surface area contributed by atoms with Gasteiger partial charge < -0.3 is 5.32 Å². The number of carbonyl (C=O) groups is 1. The number of carbonyl (C=O) groups excluding carboxylic acids is 1. The first-order chi connectivity index (χ1) is 7.58. The van der Waals surface area contributed by atoms with Gasteiger partial charge in [-0.2, -0.15) is 0 Å². The van der Waals surface area contributed by atoms with Crippen molar-refractivity contribution in [3.05, 3.63) is 26.9 Å². The Morgan fingerprint density at radius 3 is 2.81 bits per heavy atom. The van der Waals surface area contributed by atoms with E-state index in [4.69, 9.17) is 0 Å². The minimum atomic E-state index is -0.112. The summed E-state index contributed by atoms with van der Waals surface area (Å²) in [7, 11) is 0. The maximum Gasteiger partial charge on any atom is 0.271 e. The van der Waals surface area contributed by atoms with Gasteiger partial charge in [0.1, 0.15) is 5.69 Å².